The average Bonchev–Trinajstić information content (AvgIpc) is 2.98. The van der Waals surface area contributed by atoms with Gasteiger partial charge in [-0.05, 0) is 62.9 Å². The van der Waals surface area contributed by atoms with E-state index in [1.165, 1.54) is 0 Å². The minimum atomic E-state index is -1.02. The molecule has 0 aliphatic carbocycles. The quantitative estimate of drug-likeness (QED) is 0.180. The number of carbonyl (C=O) groups excluding carboxylic acids is 3. The fraction of sp³-hybridized carbons (Fsp3) is 0.417. The highest BCUT2D eigenvalue weighted by molar-refractivity contribution is 5.92. The summed E-state index contributed by atoms with van der Waals surface area (Å²) in [7, 11) is 0. The smallest absolute Gasteiger partial charge is 0.408 e. The Morgan fingerprint density at radius 2 is 1.52 bits per heavy atom. The Labute approximate surface area is 261 Å². The highest BCUT2D eigenvalue weighted by Crippen LogP contribution is 2.25. The van der Waals surface area contributed by atoms with Crippen molar-refractivity contribution in [2.45, 2.75) is 91.0 Å². The number of nitrogens with zero attached hydrogens (tertiary/aromatic N) is 1. The van der Waals surface area contributed by atoms with Crippen LogP contribution in [-0.2, 0) is 27.3 Å². The van der Waals surface area contributed by atoms with Gasteiger partial charge >= 0.3 is 6.09 Å². The van der Waals surface area contributed by atoms with Crippen molar-refractivity contribution in [1.29, 1.82) is 0 Å². The third-order valence-corrected chi connectivity index (χ3v) is 7.16. The van der Waals surface area contributed by atoms with E-state index in [2.05, 4.69) is 17.6 Å². The summed E-state index contributed by atoms with van der Waals surface area (Å²) in [6, 6.07) is 21.8. The van der Waals surface area contributed by atoms with Crippen LogP contribution in [0.5, 0.6) is 5.75 Å². The molecule has 0 saturated heterocycles. The first-order chi connectivity index (χ1) is 21.0. The van der Waals surface area contributed by atoms with Crippen molar-refractivity contribution in [2.75, 3.05) is 6.54 Å². The molecule has 8 nitrogen and oxygen atoms in total. The van der Waals surface area contributed by atoms with E-state index in [0.29, 0.717) is 25.1 Å². The lowest BCUT2D eigenvalue weighted by Gasteiger charge is -2.35. The molecule has 0 heterocycles. The zero-order valence-electron chi connectivity index (χ0n) is 26.6. The van der Waals surface area contributed by atoms with Crippen LogP contribution in [0, 0.1) is 6.92 Å². The SMILES string of the molecule is CCCCCCN(C(=O)C(Cc1ccc(O)cc1)NC(=O)OC(C)(C)C)C(C(=O)NCc1ccccc1)c1ccc(C)cc1. The third-order valence-electron chi connectivity index (χ3n) is 7.16. The molecule has 0 saturated carbocycles. The number of nitrogens with one attached hydrogen (secondary N) is 2. The van der Waals surface area contributed by atoms with Crippen molar-refractivity contribution in [3.05, 3.63) is 101 Å². The van der Waals surface area contributed by atoms with E-state index >= 15 is 0 Å². The van der Waals surface area contributed by atoms with Gasteiger partial charge in [0.1, 0.15) is 23.4 Å². The largest absolute Gasteiger partial charge is 0.508 e. The van der Waals surface area contributed by atoms with Crippen molar-refractivity contribution < 1.29 is 24.2 Å². The van der Waals surface area contributed by atoms with Gasteiger partial charge in [-0.15, -0.1) is 0 Å². The molecule has 0 aliphatic heterocycles. The van der Waals surface area contributed by atoms with Gasteiger partial charge in [0.15, 0.2) is 0 Å². The summed E-state index contributed by atoms with van der Waals surface area (Å²) < 4.78 is 5.52. The number of ether oxygens (including phenoxy) is 1. The minimum Gasteiger partial charge on any atom is -0.508 e. The second kappa shape index (κ2) is 16.5. The maximum atomic E-state index is 14.6. The Morgan fingerprint density at radius 3 is 2.14 bits per heavy atom. The lowest BCUT2D eigenvalue weighted by molar-refractivity contribution is -0.142. The number of phenols is 1. The summed E-state index contributed by atoms with van der Waals surface area (Å²) in [6.45, 7) is 10.0. The van der Waals surface area contributed by atoms with E-state index in [1.807, 2.05) is 61.5 Å². The van der Waals surface area contributed by atoms with Crippen molar-refractivity contribution in [1.82, 2.24) is 15.5 Å². The number of carbonyl (C=O) groups is 3. The van der Waals surface area contributed by atoms with Crippen LogP contribution < -0.4 is 10.6 Å². The summed E-state index contributed by atoms with van der Waals surface area (Å²) in [5.74, 6) is -0.591. The fourth-order valence-corrected chi connectivity index (χ4v) is 4.90. The maximum Gasteiger partial charge on any atom is 0.408 e. The summed E-state index contributed by atoms with van der Waals surface area (Å²) in [4.78, 5) is 43.2. The Balaban J connectivity index is 2.02. The molecule has 0 aliphatic rings. The van der Waals surface area contributed by atoms with Gasteiger partial charge < -0.3 is 25.4 Å². The number of amides is 3. The van der Waals surface area contributed by atoms with E-state index in [-0.39, 0.29) is 24.0 Å². The minimum absolute atomic E-state index is 0.101. The molecule has 2 atom stereocenters. The van der Waals surface area contributed by atoms with E-state index in [0.717, 1.165) is 36.0 Å². The van der Waals surface area contributed by atoms with Crippen LogP contribution in [0.3, 0.4) is 0 Å². The summed E-state index contributed by atoms with van der Waals surface area (Å²) in [5.41, 5.74) is 2.64. The van der Waals surface area contributed by atoms with Gasteiger partial charge in [0, 0.05) is 19.5 Å². The number of aromatic hydroxyl groups is 1. The molecule has 2 unspecified atom stereocenters. The Kier molecular flexibility index (Phi) is 12.8. The van der Waals surface area contributed by atoms with Gasteiger partial charge in [-0.3, -0.25) is 9.59 Å². The molecular weight excluding hydrogens is 554 g/mol. The molecule has 3 amide bonds. The van der Waals surface area contributed by atoms with Gasteiger partial charge in [0.05, 0.1) is 0 Å². The normalized spacial score (nSPS) is 12.6. The zero-order valence-corrected chi connectivity index (χ0v) is 26.6. The molecule has 3 aromatic rings. The summed E-state index contributed by atoms with van der Waals surface area (Å²) >= 11 is 0. The van der Waals surface area contributed by atoms with Crippen LogP contribution in [0.15, 0.2) is 78.9 Å². The third kappa shape index (κ3) is 11.1. The van der Waals surface area contributed by atoms with E-state index < -0.39 is 23.8 Å². The number of rotatable bonds is 14. The zero-order chi connectivity index (χ0) is 32.1. The Morgan fingerprint density at radius 1 is 0.864 bits per heavy atom. The molecule has 3 N–H and O–H groups in total. The van der Waals surface area contributed by atoms with Crippen LogP contribution >= 0.6 is 0 Å². The maximum absolute atomic E-state index is 14.6. The first-order valence-corrected chi connectivity index (χ1v) is 15.4. The van der Waals surface area contributed by atoms with Gasteiger partial charge in [-0.25, -0.2) is 4.79 Å². The first-order valence-electron chi connectivity index (χ1n) is 15.4. The molecule has 3 rings (SSSR count). The van der Waals surface area contributed by atoms with Gasteiger partial charge in [-0.1, -0.05) is 98.5 Å². The number of phenolic OH excluding ortho intramolecular Hbond substituents is 1. The van der Waals surface area contributed by atoms with Crippen molar-refractivity contribution >= 4 is 17.9 Å². The number of unbranched alkanes of at least 4 members (excludes halogenated alkanes) is 3. The Bertz CT molecular complexity index is 1330. The van der Waals surface area contributed by atoms with E-state index in [9.17, 15) is 19.5 Å². The Hall–Kier alpha value is -4.33. The molecule has 44 heavy (non-hydrogen) atoms. The molecule has 3 aromatic carbocycles. The van der Waals surface area contributed by atoms with Gasteiger partial charge in [0.25, 0.3) is 0 Å². The standard InChI is InChI=1S/C36H47N3O5/c1-6-7-8-12-23-39(32(29-19-15-26(2)16-20-29)33(41)37-25-28-13-10-9-11-14-28)34(42)31(38-35(43)44-36(3,4)5)24-27-17-21-30(40)22-18-27/h9-11,13-22,31-32,40H,6-8,12,23-25H2,1-5H3,(H,37,41)(H,38,43). The van der Waals surface area contributed by atoms with Crippen LogP contribution in [0.4, 0.5) is 4.79 Å². The molecule has 0 aromatic heterocycles. The highest BCUT2D eigenvalue weighted by Gasteiger charge is 2.36. The lowest BCUT2D eigenvalue weighted by Crippen LogP contribution is -2.54. The predicted molar refractivity (Wildman–Crippen MR) is 173 cm³/mol. The van der Waals surface area contributed by atoms with Crippen LogP contribution in [0.25, 0.3) is 0 Å². The molecule has 0 radical (unpaired) electrons. The summed E-state index contributed by atoms with van der Waals surface area (Å²) in [6.07, 6.45) is 3.05. The van der Waals surface area contributed by atoms with E-state index in [4.69, 9.17) is 4.74 Å². The second-order valence-electron chi connectivity index (χ2n) is 12.2. The second-order valence-corrected chi connectivity index (χ2v) is 12.2. The first kappa shape index (κ1) is 34.2. The average molecular weight is 602 g/mol. The molecule has 0 fully saturated rings. The van der Waals surface area contributed by atoms with Crippen LogP contribution in [0.1, 0.15) is 81.7 Å². The van der Waals surface area contributed by atoms with Crippen LogP contribution in [-0.4, -0.2) is 46.1 Å². The van der Waals surface area contributed by atoms with Crippen molar-refractivity contribution in [2.24, 2.45) is 0 Å². The number of aryl methyl sites for hydroxylation is 1. The highest BCUT2D eigenvalue weighted by atomic mass is 16.6. The molecule has 0 bridgehead atoms. The fourth-order valence-electron chi connectivity index (χ4n) is 4.90. The molecule has 236 valence electrons. The monoisotopic (exact) mass is 601 g/mol. The van der Waals surface area contributed by atoms with Gasteiger partial charge in [0.2, 0.25) is 11.8 Å². The number of benzene rings is 3. The lowest BCUT2D eigenvalue weighted by atomic mass is 9.99. The number of alkyl carbamates (subject to hydrolysis) is 1. The summed E-state index contributed by atoms with van der Waals surface area (Å²) in [5, 5.41) is 15.6. The van der Waals surface area contributed by atoms with E-state index in [1.54, 1.807) is 49.9 Å². The van der Waals surface area contributed by atoms with Crippen molar-refractivity contribution in [3.63, 3.8) is 0 Å². The van der Waals surface area contributed by atoms with Gasteiger partial charge in [-0.2, -0.15) is 0 Å². The predicted octanol–water partition coefficient (Wildman–Crippen LogP) is 6.60. The van der Waals surface area contributed by atoms with Crippen molar-refractivity contribution in [3.8, 4) is 5.75 Å². The number of hydrogen-bond acceptors (Lipinski definition) is 5. The van der Waals surface area contributed by atoms with Crippen LogP contribution in [0.2, 0.25) is 0 Å². The topological polar surface area (TPSA) is 108 Å². The molecule has 8 heteroatoms. The molecule has 0 spiro atoms. The molecular formula is C36H47N3O5. The number of hydrogen-bond donors (Lipinski definition) is 3.